The zero-order chi connectivity index (χ0) is 14.4. The van der Waals surface area contributed by atoms with Crippen molar-refractivity contribution in [2.24, 2.45) is 0 Å². The van der Waals surface area contributed by atoms with E-state index in [0.29, 0.717) is 18.8 Å². The first kappa shape index (κ1) is 13.5. The number of nitrogens with one attached hydrogen (secondary N) is 2. The topological polar surface area (TPSA) is 117 Å². The van der Waals surface area contributed by atoms with Crippen molar-refractivity contribution in [3.8, 4) is 0 Å². The molecule has 0 aliphatic heterocycles. The van der Waals surface area contributed by atoms with Crippen LogP contribution in [0, 0.1) is 0 Å². The fraction of sp³-hybridized carbons (Fsp3) is 0.167. The first-order chi connectivity index (χ1) is 9.66. The molecule has 0 aliphatic rings. The second kappa shape index (κ2) is 6.32. The number of urea groups is 1. The Hall–Kier alpha value is -2.90. The van der Waals surface area contributed by atoms with Gasteiger partial charge in [-0.15, -0.1) is 0 Å². The van der Waals surface area contributed by atoms with Crippen LogP contribution in [0.5, 0.6) is 0 Å². The van der Waals surface area contributed by atoms with E-state index in [1.54, 1.807) is 12.1 Å². The number of nitrogens with zero attached hydrogens (tertiary/aromatic N) is 2. The zero-order valence-corrected chi connectivity index (χ0v) is 10.4. The molecule has 8 heteroatoms. The van der Waals surface area contributed by atoms with Crippen molar-refractivity contribution >= 4 is 17.7 Å². The van der Waals surface area contributed by atoms with Gasteiger partial charge in [-0.25, -0.2) is 9.59 Å². The predicted molar refractivity (Wildman–Crippen MR) is 68.4 cm³/mol. The van der Waals surface area contributed by atoms with E-state index in [0.717, 1.165) is 0 Å². The number of hydrogen-bond donors (Lipinski definition) is 3. The van der Waals surface area contributed by atoms with Gasteiger partial charge in [0.2, 0.25) is 6.39 Å². The molecule has 0 bridgehead atoms. The number of aromatic carboxylic acids is 1. The van der Waals surface area contributed by atoms with Crippen LogP contribution in [0.2, 0.25) is 0 Å². The van der Waals surface area contributed by atoms with Crippen LogP contribution in [0.25, 0.3) is 0 Å². The lowest BCUT2D eigenvalue weighted by Crippen LogP contribution is -2.31. The Kier molecular flexibility index (Phi) is 4.28. The van der Waals surface area contributed by atoms with Crippen LogP contribution in [-0.2, 0) is 6.42 Å². The van der Waals surface area contributed by atoms with Crippen molar-refractivity contribution in [2.75, 3.05) is 11.9 Å². The molecule has 0 atom stereocenters. The molecule has 0 spiro atoms. The third-order valence-corrected chi connectivity index (χ3v) is 2.45. The Labute approximate surface area is 113 Å². The minimum Gasteiger partial charge on any atom is -0.478 e. The number of carboxylic acid groups (broad SMARTS) is 1. The Morgan fingerprint density at radius 1 is 1.30 bits per heavy atom. The van der Waals surface area contributed by atoms with Gasteiger partial charge in [-0.1, -0.05) is 17.3 Å². The normalized spacial score (nSPS) is 10.0. The summed E-state index contributed by atoms with van der Waals surface area (Å²) in [6.45, 7) is 0.306. The van der Waals surface area contributed by atoms with E-state index in [9.17, 15) is 9.59 Å². The highest BCUT2D eigenvalue weighted by Crippen LogP contribution is 2.14. The molecule has 2 amide bonds. The average molecular weight is 276 g/mol. The number of carbonyl (C=O) groups is 2. The standard InChI is InChI=1S/C12H12N4O4/c17-11(18)8-3-1-2-4-9(8)15-12(19)13-6-5-10-14-7-20-16-10/h1-4,7H,5-6H2,(H,17,18)(H2,13,15,19). The van der Waals surface area contributed by atoms with E-state index in [4.69, 9.17) is 5.11 Å². The summed E-state index contributed by atoms with van der Waals surface area (Å²) >= 11 is 0. The summed E-state index contributed by atoms with van der Waals surface area (Å²) in [7, 11) is 0. The van der Waals surface area contributed by atoms with Crippen molar-refractivity contribution < 1.29 is 19.2 Å². The second-order valence-electron chi connectivity index (χ2n) is 3.83. The van der Waals surface area contributed by atoms with Gasteiger partial charge in [0.05, 0.1) is 11.3 Å². The molecule has 0 unspecified atom stereocenters. The van der Waals surface area contributed by atoms with E-state index in [-0.39, 0.29) is 11.3 Å². The number of hydrogen-bond acceptors (Lipinski definition) is 5. The van der Waals surface area contributed by atoms with Gasteiger partial charge < -0.3 is 20.3 Å². The lowest BCUT2D eigenvalue weighted by Gasteiger charge is -2.09. The maximum absolute atomic E-state index is 11.6. The van der Waals surface area contributed by atoms with Crippen molar-refractivity contribution in [3.63, 3.8) is 0 Å². The third-order valence-electron chi connectivity index (χ3n) is 2.45. The Bertz CT molecular complexity index is 597. The van der Waals surface area contributed by atoms with Crippen LogP contribution >= 0.6 is 0 Å². The number of amides is 2. The van der Waals surface area contributed by atoms with Gasteiger partial charge in [-0.05, 0) is 12.1 Å². The minimum absolute atomic E-state index is 0.0285. The number of carboxylic acids is 1. The van der Waals surface area contributed by atoms with Gasteiger partial charge in [0.1, 0.15) is 0 Å². The zero-order valence-electron chi connectivity index (χ0n) is 10.4. The first-order valence-corrected chi connectivity index (χ1v) is 5.79. The van der Waals surface area contributed by atoms with Gasteiger partial charge in [-0.2, -0.15) is 4.98 Å². The highest BCUT2D eigenvalue weighted by molar-refractivity contribution is 5.99. The van der Waals surface area contributed by atoms with E-state index in [2.05, 4.69) is 25.3 Å². The van der Waals surface area contributed by atoms with Gasteiger partial charge in [-0.3, -0.25) is 0 Å². The molecule has 0 saturated heterocycles. The number of aromatic nitrogens is 2. The third kappa shape index (κ3) is 3.55. The molecule has 1 heterocycles. The summed E-state index contributed by atoms with van der Waals surface area (Å²) in [5.41, 5.74) is 0.262. The Balaban J connectivity index is 1.87. The lowest BCUT2D eigenvalue weighted by molar-refractivity contribution is 0.0698. The molecule has 1 aromatic carbocycles. The Morgan fingerprint density at radius 2 is 2.10 bits per heavy atom. The molecule has 20 heavy (non-hydrogen) atoms. The molecule has 0 fully saturated rings. The monoisotopic (exact) mass is 276 g/mol. The van der Waals surface area contributed by atoms with E-state index >= 15 is 0 Å². The molecule has 1 aromatic heterocycles. The molecule has 3 N–H and O–H groups in total. The van der Waals surface area contributed by atoms with Crippen molar-refractivity contribution in [1.29, 1.82) is 0 Å². The molecule has 2 aromatic rings. The first-order valence-electron chi connectivity index (χ1n) is 5.79. The molecule has 104 valence electrons. The van der Waals surface area contributed by atoms with Crippen LogP contribution in [0.1, 0.15) is 16.2 Å². The second-order valence-corrected chi connectivity index (χ2v) is 3.83. The predicted octanol–water partition coefficient (Wildman–Crippen LogP) is 1.13. The molecule has 8 nitrogen and oxygen atoms in total. The quantitative estimate of drug-likeness (QED) is 0.753. The molecular formula is C12H12N4O4. The number of anilines is 1. The molecule has 0 saturated carbocycles. The van der Waals surface area contributed by atoms with E-state index in [1.165, 1.54) is 18.5 Å². The summed E-state index contributed by atoms with van der Waals surface area (Å²) in [6.07, 6.45) is 1.63. The van der Waals surface area contributed by atoms with Gasteiger partial charge >= 0.3 is 12.0 Å². The SMILES string of the molecule is O=C(NCCc1ncon1)Nc1ccccc1C(=O)O. The molecule has 0 radical (unpaired) electrons. The number of benzene rings is 1. The van der Waals surface area contributed by atoms with Crippen LogP contribution < -0.4 is 10.6 Å². The van der Waals surface area contributed by atoms with Crippen molar-refractivity contribution in [2.45, 2.75) is 6.42 Å². The van der Waals surface area contributed by atoms with E-state index < -0.39 is 12.0 Å². The highest BCUT2D eigenvalue weighted by Gasteiger charge is 2.11. The molecule has 2 rings (SSSR count). The van der Waals surface area contributed by atoms with Crippen molar-refractivity contribution in [1.82, 2.24) is 15.5 Å². The minimum atomic E-state index is -1.10. The summed E-state index contributed by atoms with van der Waals surface area (Å²) in [5, 5.41) is 17.6. The number of rotatable bonds is 5. The highest BCUT2D eigenvalue weighted by atomic mass is 16.5. The van der Waals surface area contributed by atoms with E-state index in [1.807, 2.05) is 0 Å². The fourth-order valence-electron chi connectivity index (χ4n) is 1.54. The van der Waals surface area contributed by atoms with Crippen LogP contribution in [0.4, 0.5) is 10.5 Å². The van der Waals surface area contributed by atoms with Gasteiger partial charge in [0.15, 0.2) is 5.82 Å². The van der Waals surface area contributed by atoms with Gasteiger partial charge in [0.25, 0.3) is 0 Å². The summed E-state index contributed by atoms with van der Waals surface area (Å²) in [5.74, 6) is -0.621. The molecule has 0 aliphatic carbocycles. The smallest absolute Gasteiger partial charge is 0.337 e. The maximum Gasteiger partial charge on any atom is 0.337 e. The average Bonchev–Trinajstić information content (AvgIpc) is 2.92. The summed E-state index contributed by atoms with van der Waals surface area (Å²) in [6, 6.07) is 5.66. The van der Waals surface area contributed by atoms with Crippen LogP contribution in [0.3, 0.4) is 0 Å². The summed E-state index contributed by atoms with van der Waals surface area (Å²) in [4.78, 5) is 26.4. The largest absolute Gasteiger partial charge is 0.478 e. The van der Waals surface area contributed by atoms with Crippen LogP contribution in [0.15, 0.2) is 35.2 Å². The molecular weight excluding hydrogens is 264 g/mol. The lowest BCUT2D eigenvalue weighted by atomic mass is 10.2. The van der Waals surface area contributed by atoms with Crippen LogP contribution in [-0.4, -0.2) is 33.8 Å². The fourth-order valence-corrected chi connectivity index (χ4v) is 1.54. The van der Waals surface area contributed by atoms with Gasteiger partial charge in [0, 0.05) is 13.0 Å². The van der Waals surface area contributed by atoms with Crippen molar-refractivity contribution in [3.05, 3.63) is 42.0 Å². The maximum atomic E-state index is 11.6. The number of para-hydroxylation sites is 1. The number of carbonyl (C=O) groups excluding carboxylic acids is 1. The summed E-state index contributed by atoms with van der Waals surface area (Å²) < 4.78 is 4.56. The Morgan fingerprint density at radius 3 is 2.80 bits per heavy atom.